The smallest absolute Gasteiger partial charge is 0.254 e. The number of methoxy groups -OCH3 is 2. The Morgan fingerprint density at radius 2 is 1.68 bits per heavy atom. The van der Waals surface area contributed by atoms with Crippen molar-refractivity contribution >= 4 is 5.91 Å². The minimum Gasteiger partial charge on any atom is -0.493 e. The summed E-state index contributed by atoms with van der Waals surface area (Å²) >= 11 is 0. The average Bonchev–Trinajstić information content (AvgIpc) is 2.50. The third kappa shape index (κ3) is 3.34. The number of carbonyl (C=O) groups is 1. The van der Waals surface area contributed by atoms with Gasteiger partial charge in [0.15, 0.2) is 11.5 Å². The van der Waals surface area contributed by atoms with E-state index in [4.69, 9.17) is 9.47 Å². The molecular weight excluding hydrogens is 285 g/mol. The Kier molecular flexibility index (Phi) is 5.27. The van der Waals surface area contributed by atoms with Crippen molar-refractivity contribution in [2.45, 2.75) is 39.2 Å². The molecule has 22 heavy (non-hydrogen) atoms. The lowest BCUT2D eigenvalue weighted by molar-refractivity contribution is 0.0876. The molecule has 0 aliphatic heterocycles. The Balaban J connectivity index is 2.22. The number of nitrogens with one attached hydrogen (secondary N) is 1. The van der Waals surface area contributed by atoms with Gasteiger partial charge in [0.05, 0.1) is 19.8 Å². The lowest BCUT2D eigenvalue weighted by Crippen LogP contribution is -2.46. The molecule has 2 atom stereocenters. The van der Waals surface area contributed by atoms with Gasteiger partial charge in [-0.1, -0.05) is 20.3 Å². The third-order valence-electron chi connectivity index (χ3n) is 4.56. The monoisotopic (exact) mass is 309 g/mol. The molecule has 1 saturated carbocycles. The largest absolute Gasteiger partial charge is 0.493 e. The molecule has 4 nitrogen and oxygen atoms in total. The minimum atomic E-state index is -0.605. The van der Waals surface area contributed by atoms with Gasteiger partial charge in [0, 0.05) is 12.1 Å². The van der Waals surface area contributed by atoms with Crippen LogP contribution < -0.4 is 14.8 Å². The van der Waals surface area contributed by atoms with E-state index in [1.807, 2.05) is 0 Å². The molecule has 1 N–H and O–H groups in total. The van der Waals surface area contributed by atoms with Gasteiger partial charge in [-0.05, 0) is 30.7 Å². The van der Waals surface area contributed by atoms with Gasteiger partial charge in [-0.2, -0.15) is 0 Å². The highest BCUT2D eigenvalue weighted by atomic mass is 19.1. The van der Waals surface area contributed by atoms with Crippen molar-refractivity contribution in [3.05, 3.63) is 23.5 Å². The van der Waals surface area contributed by atoms with Crippen LogP contribution in [0.5, 0.6) is 11.5 Å². The first-order valence-corrected chi connectivity index (χ1v) is 7.70. The van der Waals surface area contributed by atoms with E-state index in [9.17, 15) is 9.18 Å². The fourth-order valence-electron chi connectivity index (χ4n) is 3.22. The predicted molar refractivity (Wildman–Crippen MR) is 82.9 cm³/mol. The van der Waals surface area contributed by atoms with Crippen molar-refractivity contribution in [1.29, 1.82) is 0 Å². The minimum absolute atomic E-state index is 0.0115. The Labute approximate surface area is 131 Å². The molecule has 1 aliphatic carbocycles. The zero-order valence-corrected chi connectivity index (χ0v) is 13.6. The van der Waals surface area contributed by atoms with E-state index in [1.54, 1.807) is 0 Å². The Morgan fingerprint density at radius 1 is 1.14 bits per heavy atom. The van der Waals surface area contributed by atoms with Crippen LogP contribution >= 0.6 is 0 Å². The topological polar surface area (TPSA) is 47.6 Å². The first-order chi connectivity index (χ1) is 10.5. The van der Waals surface area contributed by atoms with Crippen molar-refractivity contribution in [2.75, 3.05) is 14.2 Å². The maximum atomic E-state index is 14.2. The molecule has 1 aromatic rings. The highest BCUT2D eigenvalue weighted by molar-refractivity contribution is 5.95. The number of amides is 1. The highest BCUT2D eigenvalue weighted by Crippen LogP contribution is 2.31. The van der Waals surface area contributed by atoms with Gasteiger partial charge in [-0.25, -0.2) is 4.39 Å². The number of hydrogen-bond donors (Lipinski definition) is 1. The molecule has 1 fully saturated rings. The van der Waals surface area contributed by atoms with Crippen LogP contribution in [0.2, 0.25) is 0 Å². The molecular formula is C17H24FNO3. The van der Waals surface area contributed by atoms with Crippen LogP contribution in [0, 0.1) is 17.7 Å². The molecule has 0 spiro atoms. The van der Waals surface area contributed by atoms with Crippen LogP contribution in [0.4, 0.5) is 4.39 Å². The second-order valence-corrected chi connectivity index (χ2v) is 6.07. The number of halogens is 1. The van der Waals surface area contributed by atoms with Crippen molar-refractivity contribution in [3.8, 4) is 11.5 Å². The van der Waals surface area contributed by atoms with Gasteiger partial charge < -0.3 is 14.8 Å². The van der Waals surface area contributed by atoms with E-state index >= 15 is 0 Å². The van der Waals surface area contributed by atoms with Gasteiger partial charge in [0.1, 0.15) is 5.82 Å². The SMILES string of the molecule is COc1cc(F)c(C(=O)NC2[C@@H](C)CCC[C@@H]2C)cc1OC. The van der Waals surface area contributed by atoms with E-state index in [0.717, 1.165) is 12.8 Å². The van der Waals surface area contributed by atoms with Gasteiger partial charge in [-0.15, -0.1) is 0 Å². The van der Waals surface area contributed by atoms with E-state index in [1.165, 1.54) is 32.8 Å². The summed E-state index contributed by atoms with van der Waals surface area (Å²) in [6.07, 6.45) is 3.35. The van der Waals surface area contributed by atoms with Gasteiger partial charge in [-0.3, -0.25) is 4.79 Å². The third-order valence-corrected chi connectivity index (χ3v) is 4.56. The van der Waals surface area contributed by atoms with Gasteiger partial charge in [0.25, 0.3) is 5.91 Å². The van der Waals surface area contributed by atoms with Crippen LogP contribution in [0.25, 0.3) is 0 Å². The second-order valence-electron chi connectivity index (χ2n) is 6.07. The van der Waals surface area contributed by atoms with Crippen LogP contribution in [0.15, 0.2) is 12.1 Å². The molecule has 1 aliphatic rings. The van der Waals surface area contributed by atoms with Crippen LogP contribution in [0.1, 0.15) is 43.5 Å². The summed E-state index contributed by atoms with van der Waals surface area (Å²) in [7, 11) is 2.89. The Hall–Kier alpha value is -1.78. The number of carbonyl (C=O) groups excluding carboxylic acids is 1. The highest BCUT2D eigenvalue weighted by Gasteiger charge is 2.30. The standard InChI is InChI=1S/C17H24FNO3/c1-10-6-5-7-11(2)16(10)19-17(20)12-8-14(21-3)15(22-4)9-13(12)18/h8-11,16H,5-7H2,1-4H3,(H,19,20)/t10-,11-/m0/s1. The summed E-state index contributed by atoms with van der Waals surface area (Å²) in [6, 6.07) is 2.65. The molecule has 5 heteroatoms. The molecule has 2 rings (SSSR count). The normalized spacial score (nSPS) is 22.2. The quantitative estimate of drug-likeness (QED) is 0.927. The number of benzene rings is 1. The number of rotatable bonds is 4. The first-order valence-electron chi connectivity index (χ1n) is 7.70. The van der Waals surface area contributed by atoms with Crippen LogP contribution in [-0.4, -0.2) is 26.2 Å². The summed E-state index contributed by atoms with van der Waals surface area (Å²) in [6.45, 7) is 4.26. The zero-order chi connectivity index (χ0) is 16.3. The second kappa shape index (κ2) is 6.99. The van der Waals surface area contributed by atoms with Crippen molar-refractivity contribution in [2.24, 2.45) is 11.8 Å². The molecule has 0 unspecified atom stereocenters. The Bertz CT molecular complexity index is 537. The van der Waals surface area contributed by atoms with Crippen LogP contribution in [-0.2, 0) is 0 Å². The lowest BCUT2D eigenvalue weighted by Gasteiger charge is -2.35. The molecule has 0 aromatic heterocycles. The number of hydrogen-bond acceptors (Lipinski definition) is 3. The maximum Gasteiger partial charge on any atom is 0.254 e. The van der Waals surface area contributed by atoms with E-state index in [-0.39, 0.29) is 17.4 Å². The van der Waals surface area contributed by atoms with E-state index < -0.39 is 11.7 Å². The van der Waals surface area contributed by atoms with Crippen molar-refractivity contribution < 1.29 is 18.7 Å². The first kappa shape index (κ1) is 16.6. The molecule has 0 saturated heterocycles. The molecule has 0 bridgehead atoms. The van der Waals surface area contributed by atoms with Crippen molar-refractivity contribution in [3.63, 3.8) is 0 Å². The Morgan fingerprint density at radius 3 is 2.23 bits per heavy atom. The molecule has 1 aromatic carbocycles. The van der Waals surface area contributed by atoms with E-state index in [0.29, 0.717) is 17.6 Å². The summed E-state index contributed by atoms with van der Waals surface area (Å²) in [5.74, 6) is 0.414. The molecule has 122 valence electrons. The molecule has 1 amide bonds. The fraction of sp³-hybridized carbons (Fsp3) is 0.588. The van der Waals surface area contributed by atoms with Crippen molar-refractivity contribution in [1.82, 2.24) is 5.32 Å². The number of ether oxygens (including phenoxy) is 2. The predicted octanol–water partition coefficient (Wildman–Crippen LogP) is 3.40. The molecule has 0 radical (unpaired) electrons. The summed E-state index contributed by atoms with van der Waals surface area (Å²) in [5, 5.41) is 2.99. The summed E-state index contributed by atoms with van der Waals surface area (Å²) in [4.78, 5) is 12.4. The summed E-state index contributed by atoms with van der Waals surface area (Å²) in [5.41, 5.74) is -0.0115. The van der Waals surface area contributed by atoms with E-state index in [2.05, 4.69) is 19.2 Å². The fourth-order valence-corrected chi connectivity index (χ4v) is 3.22. The van der Waals surface area contributed by atoms with Crippen LogP contribution in [0.3, 0.4) is 0 Å². The van der Waals surface area contributed by atoms with Gasteiger partial charge in [0.2, 0.25) is 0 Å². The zero-order valence-electron chi connectivity index (χ0n) is 13.6. The lowest BCUT2D eigenvalue weighted by atomic mass is 9.78. The average molecular weight is 309 g/mol. The maximum absolute atomic E-state index is 14.2. The van der Waals surface area contributed by atoms with Gasteiger partial charge >= 0.3 is 0 Å². The molecule has 0 heterocycles. The summed E-state index contributed by atoms with van der Waals surface area (Å²) < 4.78 is 24.3.